The molecule has 280 valence electrons. The van der Waals surface area contributed by atoms with Crippen LogP contribution in [0.4, 0.5) is 4.39 Å². The molecule has 0 spiro atoms. The number of halogens is 3. The Bertz CT molecular complexity index is 2040. The number of hydrogen-bond acceptors (Lipinski definition) is 8. The molecule has 1 fully saturated rings. The van der Waals surface area contributed by atoms with Crippen LogP contribution in [0.5, 0.6) is 28.9 Å². The second-order valence-corrected chi connectivity index (χ2v) is 14.0. The van der Waals surface area contributed by atoms with Crippen molar-refractivity contribution in [3.63, 3.8) is 0 Å². The fourth-order valence-electron chi connectivity index (χ4n) is 6.11. The van der Waals surface area contributed by atoms with E-state index in [9.17, 15) is 4.79 Å². The highest BCUT2D eigenvalue weighted by Gasteiger charge is 2.22. The van der Waals surface area contributed by atoms with E-state index in [0.717, 1.165) is 53.1 Å². The molecule has 0 N–H and O–H groups in total. The highest BCUT2D eigenvalue weighted by atomic mass is 35.5. The molecule has 11 heteroatoms. The van der Waals surface area contributed by atoms with E-state index in [-0.39, 0.29) is 18.5 Å². The zero-order chi connectivity index (χ0) is 38.0. The molecule has 4 aromatic carbocycles. The standard InChI is InChI=1S/C43H42Cl2FN3O5/c1-29(2)53-36-12-10-35(11-13-36)51-28-33-9-8-31(23-40(33)46)26-48-17-19-49(20-18-48)41(16-21-50)34-22-30(3)43(39(45)24-34)54-42-15-14-37(25-47-42)52-27-32-6-4-5-7-38(32)44/h4-16,21-25,29H,17-20,26-28H2,1-3H3/b41-16+. The van der Waals surface area contributed by atoms with Gasteiger partial charge in [0.1, 0.15) is 42.6 Å². The number of aldehydes is 1. The van der Waals surface area contributed by atoms with Crippen LogP contribution in [0.2, 0.25) is 10.0 Å². The predicted molar refractivity (Wildman–Crippen MR) is 210 cm³/mol. The number of aromatic nitrogens is 1. The van der Waals surface area contributed by atoms with Gasteiger partial charge in [0.2, 0.25) is 5.88 Å². The smallest absolute Gasteiger partial charge is 0.219 e. The van der Waals surface area contributed by atoms with Crippen LogP contribution in [-0.2, 0) is 24.6 Å². The summed E-state index contributed by atoms with van der Waals surface area (Å²) in [5.41, 5.74) is 4.63. The fourth-order valence-corrected chi connectivity index (χ4v) is 6.60. The monoisotopic (exact) mass is 769 g/mol. The van der Waals surface area contributed by atoms with E-state index in [2.05, 4.69) is 14.8 Å². The van der Waals surface area contributed by atoms with Crippen molar-refractivity contribution in [1.82, 2.24) is 14.8 Å². The van der Waals surface area contributed by atoms with Gasteiger partial charge in [0, 0.05) is 66.7 Å². The van der Waals surface area contributed by atoms with Gasteiger partial charge in [0.05, 0.1) is 17.3 Å². The molecule has 1 saturated heterocycles. The molecule has 1 aliphatic heterocycles. The maximum absolute atomic E-state index is 15.1. The molecule has 1 aromatic heterocycles. The van der Waals surface area contributed by atoms with E-state index < -0.39 is 0 Å². The van der Waals surface area contributed by atoms with Gasteiger partial charge >= 0.3 is 0 Å². The van der Waals surface area contributed by atoms with Gasteiger partial charge < -0.3 is 23.8 Å². The molecule has 54 heavy (non-hydrogen) atoms. The minimum atomic E-state index is -0.298. The third kappa shape index (κ3) is 10.3. The second kappa shape index (κ2) is 18.3. The first-order valence-electron chi connectivity index (χ1n) is 17.8. The van der Waals surface area contributed by atoms with E-state index >= 15 is 4.39 Å². The van der Waals surface area contributed by atoms with Gasteiger partial charge in [0.25, 0.3) is 0 Å². The van der Waals surface area contributed by atoms with Crippen LogP contribution >= 0.6 is 23.2 Å². The minimum absolute atomic E-state index is 0.0857. The Morgan fingerprint density at radius 3 is 2.20 bits per heavy atom. The predicted octanol–water partition coefficient (Wildman–Crippen LogP) is 9.93. The van der Waals surface area contributed by atoms with Gasteiger partial charge in [-0.1, -0.05) is 53.5 Å². The summed E-state index contributed by atoms with van der Waals surface area (Å²) in [6.45, 7) is 9.72. The topological polar surface area (TPSA) is 73.4 Å². The largest absolute Gasteiger partial charge is 0.491 e. The molecule has 6 rings (SSSR count). The Labute approximate surface area is 325 Å². The maximum atomic E-state index is 15.1. The molecular formula is C43H42Cl2FN3O5. The van der Waals surface area contributed by atoms with Gasteiger partial charge in [-0.2, -0.15) is 0 Å². The number of rotatable bonds is 15. The molecule has 2 heterocycles. The molecular weight excluding hydrogens is 728 g/mol. The second-order valence-electron chi connectivity index (χ2n) is 13.2. The number of ether oxygens (including phenoxy) is 4. The summed E-state index contributed by atoms with van der Waals surface area (Å²) in [4.78, 5) is 20.6. The van der Waals surface area contributed by atoms with Crippen molar-refractivity contribution in [2.24, 2.45) is 0 Å². The fraction of sp³-hybridized carbons (Fsp3) is 0.256. The first-order valence-corrected chi connectivity index (χ1v) is 18.5. The zero-order valence-electron chi connectivity index (χ0n) is 30.4. The van der Waals surface area contributed by atoms with E-state index in [1.807, 2.05) is 81.4 Å². The Kier molecular flexibility index (Phi) is 13.1. The van der Waals surface area contributed by atoms with Crippen LogP contribution in [-0.4, -0.2) is 53.4 Å². The van der Waals surface area contributed by atoms with Crippen molar-refractivity contribution in [2.75, 3.05) is 26.2 Å². The van der Waals surface area contributed by atoms with Gasteiger partial charge in [-0.15, -0.1) is 0 Å². The molecule has 0 bridgehead atoms. The molecule has 0 radical (unpaired) electrons. The third-order valence-electron chi connectivity index (χ3n) is 8.85. The molecule has 8 nitrogen and oxygen atoms in total. The summed E-state index contributed by atoms with van der Waals surface area (Å²) < 4.78 is 38.5. The lowest BCUT2D eigenvalue weighted by Gasteiger charge is -2.37. The normalized spacial score (nSPS) is 13.5. The highest BCUT2D eigenvalue weighted by molar-refractivity contribution is 6.32. The van der Waals surface area contributed by atoms with Crippen molar-refractivity contribution >= 4 is 35.2 Å². The average Bonchev–Trinajstić information content (AvgIpc) is 3.16. The van der Waals surface area contributed by atoms with Crippen molar-refractivity contribution in [1.29, 1.82) is 0 Å². The van der Waals surface area contributed by atoms with Crippen LogP contribution in [0.3, 0.4) is 0 Å². The van der Waals surface area contributed by atoms with Crippen LogP contribution in [0.15, 0.2) is 103 Å². The molecule has 1 aliphatic rings. The van der Waals surface area contributed by atoms with E-state index in [0.29, 0.717) is 65.0 Å². The lowest BCUT2D eigenvalue weighted by molar-refractivity contribution is -0.104. The van der Waals surface area contributed by atoms with Crippen molar-refractivity contribution in [3.05, 3.63) is 147 Å². The van der Waals surface area contributed by atoms with E-state index in [1.165, 1.54) is 0 Å². The lowest BCUT2D eigenvalue weighted by Crippen LogP contribution is -2.45. The number of piperazine rings is 1. The van der Waals surface area contributed by atoms with E-state index in [1.54, 1.807) is 42.6 Å². The Morgan fingerprint density at radius 1 is 0.833 bits per heavy atom. The summed E-state index contributed by atoms with van der Waals surface area (Å²) in [7, 11) is 0. The minimum Gasteiger partial charge on any atom is -0.491 e. The number of pyridine rings is 1. The molecule has 0 saturated carbocycles. The number of aryl methyl sites for hydroxylation is 1. The van der Waals surface area contributed by atoms with Crippen LogP contribution < -0.4 is 18.9 Å². The van der Waals surface area contributed by atoms with Crippen molar-refractivity contribution in [3.8, 4) is 28.9 Å². The Balaban J connectivity index is 1.02. The number of benzene rings is 4. The molecule has 0 atom stereocenters. The SMILES string of the molecule is Cc1cc(/C(=C\C=O)N2CCN(Cc3ccc(COc4ccc(OC(C)C)cc4)c(F)c3)CC2)cc(Cl)c1Oc1ccc(OCc2ccccc2Cl)cn1. The molecule has 0 amide bonds. The van der Waals surface area contributed by atoms with Crippen LogP contribution in [0.25, 0.3) is 5.70 Å². The van der Waals surface area contributed by atoms with Gasteiger partial charge in [-0.25, -0.2) is 9.37 Å². The van der Waals surface area contributed by atoms with Gasteiger partial charge in [-0.05, 0) is 92.1 Å². The highest BCUT2D eigenvalue weighted by Crippen LogP contribution is 2.36. The summed E-state index contributed by atoms with van der Waals surface area (Å²) in [5.74, 6) is 2.52. The number of carbonyl (C=O) groups is 1. The molecule has 0 aliphatic carbocycles. The number of carbonyl (C=O) groups excluding carboxylic acids is 1. The van der Waals surface area contributed by atoms with Crippen molar-refractivity contribution < 1.29 is 28.1 Å². The summed E-state index contributed by atoms with van der Waals surface area (Å²) >= 11 is 13.0. The first-order chi connectivity index (χ1) is 26.1. The average molecular weight is 771 g/mol. The Hall–Kier alpha value is -5.09. The van der Waals surface area contributed by atoms with Crippen LogP contribution in [0.1, 0.15) is 41.7 Å². The van der Waals surface area contributed by atoms with Gasteiger partial charge in [0.15, 0.2) is 5.75 Å². The summed E-state index contributed by atoms with van der Waals surface area (Å²) in [6.07, 6.45) is 4.02. The number of nitrogens with zero attached hydrogens (tertiary/aromatic N) is 3. The zero-order valence-corrected chi connectivity index (χ0v) is 31.9. The summed E-state index contributed by atoms with van der Waals surface area (Å²) in [6, 6.07) is 27.4. The van der Waals surface area contributed by atoms with Crippen LogP contribution in [0, 0.1) is 12.7 Å². The maximum Gasteiger partial charge on any atom is 0.219 e. The first kappa shape index (κ1) is 38.6. The van der Waals surface area contributed by atoms with E-state index in [4.69, 9.17) is 42.1 Å². The molecule has 5 aromatic rings. The lowest BCUT2D eigenvalue weighted by atomic mass is 10.1. The van der Waals surface area contributed by atoms with Crippen molar-refractivity contribution in [2.45, 2.75) is 46.6 Å². The third-order valence-corrected chi connectivity index (χ3v) is 9.49. The number of hydrogen-bond donors (Lipinski definition) is 0. The summed E-state index contributed by atoms with van der Waals surface area (Å²) in [5, 5.41) is 1.04. The Morgan fingerprint density at radius 2 is 1.54 bits per heavy atom. The quantitative estimate of drug-likeness (QED) is 0.0770. The number of allylic oxidation sites excluding steroid dienone is 1. The van der Waals surface area contributed by atoms with Gasteiger partial charge in [-0.3, -0.25) is 9.69 Å². The molecule has 0 unspecified atom stereocenters.